The van der Waals surface area contributed by atoms with Crippen LogP contribution in [0.1, 0.15) is 22.8 Å². The summed E-state index contributed by atoms with van der Waals surface area (Å²) in [7, 11) is 0. The Morgan fingerprint density at radius 3 is 2.68 bits per heavy atom. The number of aromatic nitrogens is 1. The highest BCUT2D eigenvalue weighted by molar-refractivity contribution is 7.16. The summed E-state index contributed by atoms with van der Waals surface area (Å²) in [6.45, 7) is 2.82. The summed E-state index contributed by atoms with van der Waals surface area (Å²) in [6, 6.07) is 8.58. The van der Waals surface area contributed by atoms with Gasteiger partial charge in [-0.3, -0.25) is 4.79 Å². The van der Waals surface area contributed by atoms with Gasteiger partial charge in [0.2, 0.25) is 0 Å². The maximum Gasteiger partial charge on any atom is 0.416 e. The molecule has 0 unspecified atom stereocenters. The SMILES string of the molecule is CCOCCn1c(=NC(=O)c2cccc(C(F)(F)F)c2)sc2cccc(F)c21. The van der Waals surface area contributed by atoms with Gasteiger partial charge in [0, 0.05) is 18.7 Å². The van der Waals surface area contributed by atoms with E-state index in [2.05, 4.69) is 4.99 Å². The van der Waals surface area contributed by atoms with Crippen LogP contribution in [0.5, 0.6) is 0 Å². The predicted molar refractivity (Wildman–Crippen MR) is 97.6 cm³/mol. The molecule has 0 aliphatic rings. The molecule has 1 heterocycles. The van der Waals surface area contributed by atoms with Gasteiger partial charge in [0.15, 0.2) is 4.80 Å². The van der Waals surface area contributed by atoms with Crippen LogP contribution in [-0.2, 0) is 17.5 Å². The third-order valence-electron chi connectivity index (χ3n) is 3.95. The number of fused-ring (bicyclic) bond motifs is 1. The van der Waals surface area contributed by atoms with Gasteiger partial charge in [-0.05, 0) is 37.3 Å². The van der Waals surface area contributed by atoms with Crippen LogP contribution in [0.15, 0.2) is 47.5 Å². The molecule has 9 heteroatoms. The molecule has 0 radical (unpaired) electrons. The van der Waals surface area contributed by atoms with Gasteiger partial charge >= 0.3 is 6.18 Å². The zero-order chi connectivity index (χ0) is 20.3. The Balaban J connectivity index is 2.07. The van der Waals surface area contributed by atoms with Crippen LogP contribution in [0.3, 0.4) is 0 Å². The number of halogens is 4. The monoisotopic (exact) mass is 412 g/mol. The van der Waals surface area contributed by atoms with E-state index in [1.165, 1.54) is 16.7 Å². The molecule has 148 valence electrons. The lowest BCUT2D eigenvalue weighted by Crippen LogP contribution is -2.20. The van der Waals surface area contributed by atoms with E-state index in [9.17, 15) is 22.4 Å². The average molecular weight is 412 g/mol. The van der Waals surface area contributed by atoms with E-state index in [1.807, 2.05) is 6.92 Å². The molecule has 0 atom stereocenters. The highest BCUT2D eigenvalue weighted by Gasteiger charge is 2.30. The summed E-state index contributed by atoms with van der Waals surface area (Å²) in [4.78, 5) is 16.6. The number of benzene rings is 2. The lowest BCUT2D eigenvalue weighted by Gasteiger charge is -2.07. The molecule has 0 fully saturated rings. The van der Waals surface area contributed by atoms with Crippen molar-refractivity contribution >= 4 is 27.5 Å². The van der Waals surface area contributed by atoms with E-state index in [4.69, 9.17) is 4.74 Å². The van der Waals surface area contributed by atoms with Crippen LogP contribution in [0.2, 0.25) is 0 Å². The number of alkyl halides is 3. The smallest absolute Gasteiger partial charge is 0.380 e. The molecular formula is C19H16F4N2O2S. The second-order valence-corrected chi connectivity index (χ2v) is 6.82. The molecule has 0 N–H and O–H groups in total. The number of thiazole rings is 1. The fourth-order valence-corrected chi connectivity index (χ4v) is 3.73. The van der Waals surface area contributed by atoms with Crippen molar-refractivity contribution in [2.24, 2.45) is 4.99 Å². The van der Waals surface area contributed by atoms with Crippen molar-refractivity contribution in [2.75, 3.05) is 13.2 Å². The van der Waals surface area contributed by atoms with Gasteiger partial charge in [-0.1, -0.05) is 23.5 Å². The molecular weight excluding hydrogens is 396 g/mol. The number of rotatable bonds is 5. The van der Waals surface area contributed by atoms with Crippen molar-refractivity contribution in [3.8, 4) is 0 Å². The Bertz CT molecular complexity index is 1070. The molecule has 0 aliphatic carbocycles. The highest BCUT2D eigenvalue weighted by Crippen LogP contribution is 2.29. The molecule has 1 amide bonds. The van der Waals surface area contributed by atoms with Crippen LogP contribution in [0, 0.1) is 5.82 Å². The van der Waals surface area contributed by atoms with Crippen LogP contribution < -0.4 is 4.80 Å². The molecule has 3 aromatic rings. The summed E-state index contributed by atoms with van der Waals surface area (Å²) < 4.78 is 60.3. The topological polar surface area (TPSA) is 43.6 Å². The first-order chi connectivity index (χ1) is 13.3. The lowest BCUT2D eigenvalue weighted by atomic mass is 10.1. The third-order valence-corrected chi connectivity index (χ3v) is 4.99. The van der Waals surface area contributed by atoms with Gasteiger partial charge in [-0.2, -0.15) is 18.2 Å². The number of amides is 1. The average Bonchev–Trinajstić information content (AvgIpc) is 3.00. The molecule has 0 saturated heterocycles. The Labute approximate surface area is 161 Å². The van der Waals surface area contributed by atoms with Crippen molar-refractivity contribution in [3.05, 3.63) is 64.2 Å². The molecule has 0 aliphatic heterocycles. The summed E-state index contributed by atoms with van der Waals surface area (Å²) in [5.41, 5.74) is -0.841. The fraction of sp³-hybridized carbons (Fsp3) is 0.263. The molecule has 4 nitrogen and oxygen atoms in total. The summed E-state index contributed by atoms with van der Waals surface area (Å²) in [5, 5.41) is 0. The summed E-state index contributed by atoms with van der Waals surface area (Å²) in [5.74, 6) is -1.30. The van der Waals surface area contributed by atoms with Crippen molar-refractivity contribution in [1.82, 2.24) is 4.57 Å². The molecule has 2 aromatic carbocycles. The third kappa shape index (κ3) is 4.31. The molecule has 0 bridgehead atoms. The fourth-order valence-electron chi connectivity index (χ4n) is 2.66. The molecule has 1 aromatic heterocycles. The number of carbonyl (C=O) groups is 1. The van der Waals surface area contributed by atoms with Crippen LogP contribution in [0.4, 0.5) is 17.6 Å². The number of ether oxygens (including phenoxy) is 1. The Morgan fingerprint density at radius 1 is 1.21 bits per heavy atom. The maximum atomic E-state index is 14.3. The predicted octanol–water partition coefficient (Wildman–Crippen LogP) is 4.64. The molecule has 0 spiro atoms. The Hall–Kier alpha value is -2.52. The van der Waals surface area contributed by atoms with E-state index in [0.717, 1.165) is 29.5 Å². The molecule has 0 saturated carbocycles. The maximum absolute atomic E-state index is 14.3. The first-order valence-electron chi connectivity index (χ1n) is 8.43. The number of hydrogen-bond donors (Lipinski definition) is 0. The van der Waals surface area contributed by atoms with E-state index < -0.39 is 23.5 Å². The zero-order valence-electron chi connectivity index (χ0n) is 14.8. The van der Waals surface area contributed by atoms with Crippen molar-refractivity contribution < 1.29 is 27.1 Å². The second-order valence-electron chi connectivity index (χ2n) is 5.82. The molecule has 28 heavy (non-hydrogen) atoms. The number of hydrogen-bond acceptors (Lipinski definition) is 3. The van der Waals surface area contributed by atoms with E-state index in [0.29, 0.717) is 11.3 Å². The number of nitrogens with zero attached hydrogens (tertiary/aromatic N) is 2. The van der Waals surface area contributed by atoms with Gasteiger partial charge in [0.25, 0.3) is 5.91 Å². The minimum Gasteiger partial charge on any atom is -0.380 e. The molecule has 3 rings (SSSR count). The van der Waals surface area contributed by atoms with Crippen LogP contribution in [0.25, 0.3) is 10.2 Å². The quantitative estimate of drug-likeness (QED) is 0.453. The lowest BCUT2D eigenvalue weighted by molar-refractivity contribution is -0.137. The number of carbonyl (C=O) groups excluding carboxylic acids is 1. The van der Waals surface area contributed by atoms with E-state index >= 15 is 0 Å². The first kappa shape index (κ1) is 20.2. The van der Waals surface area contributed by atoms with Gasteiger partial charge in [-0.25, -0.2) is 4.39 Å². The van der Waals surface area contributed by atoms with Crippen LogP contribution in [-0.4, -0.2) is 23.7 Å². The van der Waals surface area contributed by atoms with E-state index in [1.54, 1.807) is 12.1 Å². The van der Waals surface area contributed by atoms with Gasteiger partial charge < -0.3 is 9.30 Å². The first-order valence-corrected chi connectivity index (χ1v) is 9.25. The standard InChI is InChI=1S/C19H16F4N2O2S/c1-2-27-10-9-25-16-14(20)7-4-8-15(16)28-18(25)24-17(26)12-5-3-6-13(11-12)19(21,22)23/h3-8,11H,2,9-10H2,1H3. The largest absolute Gasteiger partial charge is 0.416 e. The minimum absolute atomic E-state index is 0.191. The Morgan fingerprint density at radius 2 is 1.96 bits per heavy atom. The Kier molecular flexibility index (Phi) is 5.95. The minimum atomic E-state index is -4.56. The van der Waals surface area contributed by atoms with Gasteiger partial charge in [0.05, 0.1) is 22.4 Å². The summed E-state index contributed by atoms with van der Waals surface area (Å²) in [6.07, 6.45) is -4.56. The number of para-hydroxylation sites is 1. The van der Waals surface area contributed by atoms with Crippen LogP contribution >= 0.6 is 11.3 Å². The normalized spacial score (nSPS) is 12.7. The highest BCUT2D eigenvalue weighted by atomic mass is 32.1. The zero-order valence-corrected chi connectivity index (χ0v) is 15.6. The van der Waals surface area contributed by atoms with Crippen molar-refractivity contribution in [2.45, 2.75) is 19.6 Å². The second kappa shape index (κ2) is 8.24. The van der Waals surface area contributed by atoms with Crippen molar-refractivity contribution in [1.29, 1.82) is 0 Å². The van der Waals surface area contributed by atoms with Gasteiger partial charge in [0.1, 0.15) is 5.82 Å². The van der Waals surface area contributed by atoms with E-state index in [-0.39, 0.29) is 29.0 Å². The summed E-state index contributed by atoms with van der Waals surface area (Å²) >= 11 is 1.09. The van der Waals surface area contributed by atoms with Gasteiger partial charge in [-0.15, -0.1) is 0 Å². The van der Waals surface area contributed by atoms with Crippen molar-refractivity contribution in [3.63, 3.8) is 0 Å².